The molecule has 1 fully saturated rings. The Hall–Kier alpha value is -1.79. The molecule has 0 radical (unpaired) electrons. The first-order valence-electron chi connectivity index (χ1n) is 7.22. The largest absolute Gasteiger partial charge is 0.337 e. The van der Waals surface area contributed by atoms with Crippen LogP contribution in [0.25, 0.3) is 10.6 Å². The van der Waals surface area contributed by atoms with Gasteiger partial charge >= 0.3 is 0 Å². The Kier molecular flexibility index (Phi) is 3.97. The highest BCUT2D eigenvalue weighted by molar-refractivity contribution is 7.13. The predicted molar refractivity (Wildman–Crippen MR) is 85.2 cm³/mol. The number of rotatable bonds is 3. The topological polar surface area (TPSA) is 59.2 Å². The Balaban J connectivity index is 1.80. The third-order valence-electron chi connectivity index (χ3n) is 4.17. The molecule has 1 amide bonds. The molecule has 22 heavy (non-hydrogen) atoms. The van der Waals surface area contributed by atoms with Crippen molar-refractivity contribution >= 4 is 17.2 Å². The van der Waals surface area contributed by atoms with Gasteiger partial charge in [0.2, 0.25) is 0 Å². The summed E-state index contributed by atoms with van der Waals surface area (Å²) in [6.07, 6.45) is 0.902. The summed E-state index contributed by atoms with van der Waals surface area (Å²) in [6, 6.07) is 6.46. The second-order valence-electron chi connectivity index (χ2n) is 6.01. The highest BCUT2D eigenvalue weighted by Crippen LogP contribution is 2.31. The van der Waals surface area contributed by atoms with Crippen molar-refractivity contribution in [3.63, 3.8) is 0 Å². The lowest BCUT2D eigenvalue weighted by atomic mass is 9.90. The standard InChI is InChI=1S/C16H18FN3OS/c1-16(9-18)6-7-20(10-16)15(21)13-8-22-14(19-13)11-4-2-3-5-12(11)17/h2-5,8H,6-7,9-10,18H2,1H3. The number of likely N-dealkylation sites (tertiary alicyclic amines) is 1. The molecule has 6 heteroatoms. The summed E-state index contributed by atoms with van der Waals surface area (Å²) in [4.78, 5) is 18.6. The molecule has 2 N–H and O–H groups in total. The summed E-state index contributed by atoms with van der Waals surface area (Å²) in [5, 5.41) is 2.23. The van der Waals surface area contributed by atoms with Gasteiger partial charge in [0.1, 0.15) is 16.5 Å². The Morgan fingerprint density at radius 1 is 1.50 bits per heavy atom. The molecular formula is C16H18FN3OS. The van der Waals surface area contributed by atoms with Gasteiger partial charge in [-0.15, -0.1) is 11.3 Å². The van der Waals surface area contributed by atoms with Crippen LogP contribution in [0.15, 0.2) is 29.6 Å². The van der Waals surface area contributed by atoms with Crippen LogP contribution in [0.5, 0.6) is 0 Å². The van der Waals surface area contributed by atoms with Gasteiger partial charge in [-0.05, 0) is 30.5 Å². The molecule has 0 aliphatic carbocycles. The SMILES string of the molecule is CC1(CN)CCN(C(=O)c2csc(-c3ccccc3F)n2)C1. The molecule has 0 saturated carbocycles. The van der Waals surface area contributed by atoms with Crippen LogP contribution in [0.3, 0.4) is 0 Å². The van der Waals surface area contributed by atoms with E-state index in [2.05, 4.69) is 11.9 Å². The highest BCUT2D eigenvalue weighted by Gasteiger charge is 2.35. The molecule has 2 heterocycles. The number of hydrogen-bond donors (Lipinski definition) is 1. The van der Waals surface area contributed by atoms with Gasteiger partial charge in [-0.3, -0.25) is 4.79 Å². The molecule has 1 unspecified atom stereocenters. The van der Waals surface area contributed by atoms with E-state index in [0.717, 1.165) is 6.42 Å². The van der Waals surface area contributed by atoms with Crippen LogP contribution < -0.4 is 5.73 Å². The van der Waals surface area contributed by atoms with E-state index in [4.69, 9.17) is 5.73 Å². The number of hydrogen-bond acceptors (Lipinski definition) is 4. The van der Waals surface area contributed by atoms with Crippen molar-refractivity contribution in [2.75, 3.05) is 19.6 Å². The summed E-state index contributed by atoms with van der Waals surface area (Å²) in [5.41, 5.74) is 6.57. The fourth-order valence-corrected chi connectivity index (χ4v) is 3.48. The van der Waals surface area contributed by atoms with E-state index in [1.165, 1.54) is 17.4 Å². The summed E-state index contributed by atoms with van der Waals surface area (Å²) in [6.45, 7) is 3.99. The van der Waals surface area contributed by atoms with Crippen molar-refractivity contribution in [2.45, 2.75) is 13.3 Å². The molecule has 4 nitrogen and oxygen atoms in total. The van der Waals surface area contributed by atoms with E-state index >= 15 is 0 Å². The van der Waals surface area contributed by atoms with Crippen molar-refractivity contribution in [3.05, 3.63) is 41.2 Å². The number of thiazole rings is 1. The minimum absolute atomic E-state index is 0.0138. The normalized spacial score (nSPS) is 21.3. The van der Waals surface area contributed by atoms with E-state index in [1.54, 1.807) is 28.5 Å². The Labute approximate surface area is 132 Å². The van der Waals surface area contributed by atoms with Crippen molar-refractivity contribution in [3.8, 4) is 10.6 Å². The van der Waals surface area contributed by atoms with Gasteiger partial charge in [-0.2, -0.15) is 0 Å². The smallest absolute Gasteiger partial charge is 0.273 e. The fraction of sp³-hybridized carbons (Fsp3) is 0.375. The average molecular weight is 319 g/mol. The molecule has 2 aromatic rings. The van der Waals surface area contributed by atoms with Gasteiger partial charge in [0.25, 0.3) is 5.91 Å². The Bertz CT molecular complexity index is 702. The van der Waals surface area contributed by atoms with E-state index in [-0.39, 0.29) is 17.1 Å². The van der Waals surface area contributed by atoms with E-state index in [9.17, 15) is 9.18 Å². The zero-order chi connectivity index (χ0) is 15.7. The number of carbonyl (C=O) groups is 1. The van der Waals surface area contributed by atoms with Crippen LogP contribution in [-0.4, -0.2) is 35.4 Å². The van der Waals surface area contributed by atoms with Crippen LogP contribution in [-0.2, 0) is 0 Å². The minimum Gasteiger partial charge on any atom is -0.337 e. The third-order valence-corrected chi connectivity index (χ3v) is 5.04. The van der Waals surface area contributed by atoms with Crippen LogP contribution in [0.1, 0.15) is 23.8 Å². The number of halogens is 1. The highest BCUT2D eigenvalue weighted by atomic mass is 32.1. The Morgan fingerprint density at radius 2 is 2.27 bits per heavy atom. The van der Waals surface area contributed by atoms with E-state index in [1.807, 2.05) is 0 Å². The van der Waals surface area contributed by atoms with Crippen molar-refractivity contribution in [1.29, 1.82) is 0 Å². The molecule has 3 rings (SSSR count). The maximum absolute atomic E-state index is 13.8. The molecule has 1 aromatic carbocycles. The average Bonchev–Trinajstić information content (AvgIpc) is 3.15. The number of carbonyl (C=O) groups excluding carboxylic acids is 1. The van der Waals surface area contributed by atoms with E-state index in [0.29, 0.717) is 35.9 Å². The van der Waals surface area contributed by atoms with Crippen LogP contribution >= 0.6 is 11.3 Å². The quantitative estimate of drug-likeness (QED) is 0.946. The molecule has 1 aliphatic rings. The maximum atomic E-state index is 13.8. The molecular weight excluding hydrogens is 301 g/mol. The lowest BCUT2D eigenvalue weighted by molar-refractivity contribution is 0.0772. The lowest BCUT2D eigenvalue weighted by Crippen LogP contribution is -2.34. The van der Waals surface area contributed by atoms with Crippen molar-refractivity contribution < 1.29 is 9.18 Å². The van der Waals surface area contributed by atoms with E-state index < -0.39 is 0 Å². The summed E-state index contributed by atoms with van der Waals surface area (Å²) >= 11 is 1.29. The molecule has 0 bridgehead atoms. The van der Waals surface area contributed by atoms with Crippen LogP contribution in [0, 0.1) is 11.2 Å². The number of nitrogens with two attached hydrogens (primary N) is 1. The first-order chi connectivity index (χ1) is 10.5. The minimum atomic E-state index is -0.326. The second kappa shape index (κ2) is 5.78. The summed E-state index contributed by atoms with van der Waals surface area (Å²) < 4.78 is 13.8. The van der Waals surface area contributed by atoms with Crippen LogP contribution in [0.4, 0.5) is 4.39 Å². The van der Waals surface area contributed by atoms with Crippen molar-refractivity contribution in [2.24, 2.45) is 11.1 Å². The predicted octanol–water partition coefficient (Wildman–Crippen LogP) is 2.76. The second-order valence-corrected chi connectivity index (χ2v) is 6.87. The first kappa shape index (κ1) is 15.1. The third kappa shape index (κ3) is 2.76. The number of aromatic nitrogens is 1. The monoisotopic (exact) mass is 319 g/mol. The lowest BCUT2D eigenvalue weighted by Gasteiger charge is -2.22. The van der Waals surface area contributed by atoms with Crippen LogP contribution in [0.2, 0.25) is 0 Å². The van der Waals surface area contributed by atoms with Crippen molar-refractivity contribution in [1.82, 2.24) is 9.88 Å². The van der Waals surface area contributed by atoms with Gasteiger partial charge in [0.15, 0.2) is 0 Å². The number of nitrogens with zero attached hydrogens (tertiary/aromatic N) is 2. The van der Waals surface area contributed by atoms with Gasteiger partial charge in [-0.1, -0.05) is 19.1 Å². The van der Waals surface area contributed by atoms with Gasteiger partial charge < -0.3 is 10.6 Å². The number of amides is 1. The van der Waals surface area contributed by atoms with Gasteiger partial charge in [0, 0.05) is 24.0 Å². The van der Waals surface area contributed by atoms with Gasteiger partial charge in [-0.25, -0.2) is 9.37 Å². The summed E-state index contributed by atoms with van der Waals surface area (Å²) in [7, 11) is 0. The molecule has 116 valence electrons. The number of benzene rings is 1. The zero-order valence-corrected chi connectivity index (χ0v) is 13.2. The molecule has 1 aliphatic heterocycles. The fourth-order valence-electron chi connectivity index (χ4n) is 2.66. The zero-order valence-electron chi connectivity index (χ0n) is 12.4. The van der Waals surface area contributed by atoms with Gasteiger partial charge in [0.05, 0.1) is 0 Å². The summed E-state index contributed by atoms with van der Waals surface area (Å²) in [5.74, 6) is -0.427. The molecule has 1 atom stereocenters. The molecule has 1 saturated heterocycles. The maximum Gasteiger partial charge on any atom is 0.273 e. The Morgan fingerprint density at radius 3 is 2.95 bits per heavy atom. The molecule has 1 aromatic heterocycles. The first-order valence-corrected chi connectivity index (χ1v) is 8.10. The molecule has 0 spiro atoms.